The maximum atomic E-state index is 12.6. The van der Waals surface area contributed by atoms with E-state index in [-0.39, 0.29) is 11.4 Å². The standard InChI is InChI=1S/C15H10N6O/c22-15-12(14-17-19-20-18-14)8-16-13-7-6-11(9-21(13)15)10-4-2-1-3-5-10/h1-9H,(H,17,18,19,20). The van der Waals surface area contributed by atoms with Gasteiger partial charge in [-0.1, -0.05) is 30.3 Å². The Morgan fingerprint density at radius 2 is 1.86 bits per heavy atom. The van der Waals surface area contributed by atoms with Crippen LogP contribution in [0.3, 0.4) is 0 Å². The molecule has 7 nitrogen and oxygen atoms in total. The lowest BCUT2D eigenvalue weighted by Crippen LogP contribution is -2.17. The van der Waals surface area contributed by atoms with Gasteiger partial charge in [-0.25, -0.2) is 4.98 Å². The molecule has 0 fully saturated rings. The molecule has 106 valence electrons. The van der Waals surface area contributed by atoms with Crippen molar-refractivity contribution in [2.45, 2.75) is 0 Å². The molecule has 0 saturated carbocycles. The fourth-order valence-corrected chi connectivity index (χ4v) is 2.31. The minimum absolute atomic E-state index is 0.232. The average molecular weight is 290 g/mol. The number of aromatic amines is 1. The number of aromatic nitrogens is 6. The van der Waals surface area contributed by atoms with Crippen LogP contribution in [0.2, 0.25) is 0 Å². The molecular formula is C15H10N6O. The predicted molar refractivity (Wildman–Crippen MR) is 80.1 cm³/mol. The van der Waals surface area contributed by atoms with Gasteiger partial charge >= 0.3 is 0 Å². The lowest BCUT2D eigenvalue weighted by Gasteiger charge is -2.05. The Morgan fingerprint density at radius 3 is 2.64 bits per heavy atom. The predicted octanol–water partition coefficient (Wildman–Crippen LogP) is 1.54. The van der Waals surface area contributed by atoms with Crippen molar-refractivity contribution in [3.8, 4) is 22.5 Å². The molecule has 0 aliphatic carbocycles. The lowest BCUT2D eigenvalue weighted by molar-refractivity contribution is 0.881. The second-order valence-electron chi connectivity index (χ2n) is 4.72. The summed E-state index contributed by atoms with van der Waals surface area (Å²) in [5, 5.41) is 13.5. The first-order chi connectivity index (χ1) is 10.8. The van der Waals surface area contributed by atoms with Crippen LogP contribution < -0.4 is 5.56 Å². The number of tetrazole rings is 1. The number of fused-ring (bicyclic) bond motifs is 1. The van der Waals surface area contributed by atoms with E-state index in [2.05, 4.69) is 25.6 Å². The molecule has 0 unspecified atom stereocenters. The largest absolute Gasteiger partial charge is 0.269 e. The van der Waals surface area contributed by atoms with Crippen LogP contribution in [-0.4, -0.2) is 30.0 Å². The molecule has 0 aliphatic heterocycles. The zero-order valence-corrected chi connectivity index (χ0v) is 11.3. The zero-order chi connectivity index (χ0) is 14.9. The molecule has 0 aliphatic rings. The first-order valence-corrected chi connectivity index (χ1v) is 6.63. The number of hydrogen-bond donors (Lipinski definition) is 1. The van der Waals surface area contributed by atoms with Crippen LogP contribution in [0.25, 0.3) is 28.2 Å². The molecule has 0 bridgehead atoms. The quantitative estimate of drug-likeness (QED) is 0.605. The lowest BCUT2D eigenvalue weighted by atomic mass is 10.1. The number of benzene rings is 1. The summed E-state index contributed by atoms with van der Waals surface area (Å²) >= 11 is 0. The van der Waals surface area contributed by atoms with Gasteiger partial charge in [-0.2, -0.15) is 5.21 Å². The highest BCUT2D eigenvalue weighted by atomic mass is 16.1. The molecule has 0 spiro atoms. The summed E-state index contributed by atoms with van der Waals surface area (Å²) in [6.45, 7) is 0. The minimum Gasteiger partial charge on any atom is -0.268 e. The number of pyridine rings is 1. The number of nitrogens with one attached hydrogen (secondary N) is 1. The third-order valence-corrected chi connectivity index (χ3v) is 3.40. The van der Waals surface area contributed by atoms with E-state index in [0.717, 1.165) is 11.1 Å². The molecule has 0 radical (unpaired) electrons. The van der Waals surface area contributed by atoms with Gasteiger partial charge in [0.25, 0.3) is 5.56 Å². The Bertz CT molecular complexity index is 992. The van der Waals surface area contributed by atoms with Crippen molar-refractivity contribution in [2.75, 3.05) is 0 Å². The van der Waals surface area contributed by atoms with Crippen molar-refractivity contribution in [1.29, 1.82) is 0 Å². The van der Waals surface area contributed by atoms with E-state index in [1.54, 1.807) is 6.20 Å². The number of nitrogens with zero attached hydrogens (tertiary/aromatic N) is 5. The van der Waals surface area contributed by atoms with Gasteiger partial charge < -0.3 is 0 Å². The van der Waals surface area contributed by atoms with Crippen molar-refractivity contribution >= 4 is 5.65 Å². The van der Waals surface area contributed by atoms with E-state index in [1.165, 1.54) is 10.6 Å². The van der Waals surface area contributed by atoms with Crippen molar-refractivity contribution < 1.29 is 0 Å². The molecule has 1 aromatic carbocycles. The van der Waals surface area contributed by atoms with Gasteiger partial charge in [-0.05, 0) is 28.5 Å². The summed E-state index contributed by atoms with van der Waals surface area (Å²) in [5.41, 5.74) is 2.60. The number of H-pyrrole nitrogens is 1. The Balaban J connectivity index is 1.95. The Hall–Kier alpha value is -3.35. The summed E-state index contributed by atoms with van der Waals surface area (Å²) in [5.74, 6) is 0.233. The first kappa shape index (κ1) is 12.4. The SMILES string of the molecule is O=c1c(-c2nn[nH]n2)cnc2ccc(-c3ccccc3)cn12. The molecule has 0 saturated heterocycles. The third kappa shape index (κ3) is 1.96. The molecule has 0 atom stereocenters. The highest BCUT2D eigenvalue weighted by Crippen LogP contribution is 2.19. The van der Waals surface area contributed by atoms with Crippen LogP contribution in [0, 0.1) is 0 Å². The minimum atomic E-state index is -0.232. The van der Waals surface area contributed by atoms with E-state index in [9.17, 15) is 4.79 Å². The fraction of sp³-hybridized carbons (Fsp3) is 0. The summed E-state index contributed by atoms with van der Waals surface area (Å²) < 4.78 is 1.49. The summed E-state index contributed by atoms with van der Waals surface area (Å²) in [6, 6.07) is 13.6. The van der Waals surface area contributed by atoms with Crippen LogP contribution in [-0.2, 0) is 0 Å². The van der Waals surface area contributed by atoms with Crippen LogP contribution in [0.4, 0.5) is 0 Å². The molecule has 22 heavy (non-hydrogen) atoms. The normalized spacial score (nSPS) is 10.9. The van der Waals surface area contributed by atoms with Gasteiger partial charge in [0.15, 0.2) is 0 Å². The number of hydrogen-bond acceptors (Lipinski definition) is 5. The van der Waals surface area contributed by atoms with Crippen LogP contribution in [0.15, 0.2) is 59.7 Å². The summed E-state index contributed by atoms with van der Waals surface area (Å²) in [4.78, 5) is 16.9. The van der Waals surface area contributed by atoms with Gasteiger partial charge in [-0.3, -0.25) is 9.20 Å². The molecule has 7 heteroatoms. The van der Waals surface area contributed by atoms with Crippen LogP contribution in [0.5, 0.6) is 0 Å². The van der Waals surface area contributed by atoms with Gasteiger partial charge in [0.1, 0.15) is 11.2 Å². The van der Waals surface area contributed by atoms with Crippen LogP contribution in [0.1, 0.15) is 0 Å². The Morgan fingerprint density at radius 1 is 1.00 bits per heavy atom. The smallest absolute Gasteiger partial charge is 0.268 e. The molecule has 1 N–H and O–H groups in total. The highest BCUT2D eigenvalue weighted by Gasteiger charge is 2.11. The van der Waals surface area contributed by atoms with E-state index >= 15 is 0 Å². The second-order valence-corrected chi connectivity index (χ2v) is 4.72. The van der Waals surface area contributed by atoms with Crippen molar-refractivity contribution in [1.82, 2.24) is 30.0 Å². The molecule has 3 heterocycles. The monoisotopic (exact) mass is 290 g/mol. The molecule has 4 aromatic rings. The van der Waals surface area contributed by atoms with E-state index in [0.29, 0.717) is 11.2 Å². The van der Waals surface area contributed by atoms with Gasteiger partial charge in [0, 0.05) is 12.4 Å². The highest BCUT2D eigenvalue weighted by molar-refractivity contribution is 5.65. The summed E-state index contributed by atoms with van der Waals surface area (Å²) in [7, 11) is 0. The number of rotatable bonds is 2. The molecule has 4 rings (SSSR count). The van der Waals surface area contributed by atoms with Gasteiger partial charge in [0.05, 0.1) is 0 Å². The van der Waals surface area contributed by atoms with Crippen molar-refractivity contribution in [2.24, 2.45) is 0 Å². The zero-order valence-electron chi connectivity index (χ0n) is 11.3. The van der Waals surface area contributed by atoms with Crippen molar-refractivity contribution in [3.05, 3.63) is 65.2 Å². The van der Waals surface area contributed by atoms with E-state index in [4.69, 9.17) is 0 Å². The maximum absolute atomic E-state index is 12.6. The second kappa shape index (κ2) is 4.88. The molecule has 0 amide bonds. The maximum Gasteiger partial charge on any atom is 0.269 e. The van der Waals surface area contributed by atoms with Crippen LogP contribution >= 0.6 is 0 Å². The van der Waals surface area contributed by atoms with E-state index < -0.39 is 0 Å². The third-order valence-electron chi connectivity index (χ3n) is 3.40. The van der Waals surface area contributed by atoms with Gasteiger partial charge in [-0.15, -0.1) is 10.2 Å². The molecular weight excluding hydrogens is 280 g/mol. The Kier molecular flexibility index (Phi) is 2.75. The fourth-order valence-electron chi connectivity index (χ4n) is 2.31. The van der Waals surface area contributed by atoms with Gasteiger partial charge in [0.2, 0.25) is 5.82 Å². The first-order valence-electron chi connectivity index (χ1n) is 6.63. The van der Waals surface area contributed by atoms with Crippen molar-refractivity contribution in [3.63, 3.8) is 0 Å². The molecule has 3 aromatic heterocycles. The van der Waals surface area contributed by atoms with E-state index in [1.807, 2.05) is 42.5 Å². The summed E-state index contributed by atoms with van der Waals surface area (Å²) in [6.07, 6.45) is 3.23. The average Bonchev–Trinajstić information content (AvgIpc) is 3.10. The Labute approximate surface area is 124 Å². The topological polar surface area (TPSA) is 88.8 Å².